The maximum atomic E-state index is 5.98. The number of hydrogen-bond donors (Lipinski definition) is 3. The number of nitrogen functional groups attached to an aromatic ring is 1. The summed E-state index contributed by atoms with van der Waals surface area (Å²) in [6, 6.07) is 10.8. The number of nitrogens with zero attached hydrogens (tertiary/aromatic N) is 2. The van der Waals surface area contributed by atoms with E-state index in [1.165, 1.54) is 30.2 Å². The van der Waals surface area contributed by atoms with Crippen molar-refractivity contribution in [2.24, 2.45) is 0 Å². The van der Waals surface area contributed by atoms with Gasteiger partial charge in [0.05, 0.1) is 5.69 Å². The van der Waals surface area contributed by atoms with Crippen LogP contribution in [0, 0.1) is 0 Å². The zero-order chi connectivity index (χ0) is 22.6. The minimum atomic E-state index is 0. The molecule has 0 saturated heterocycles. The van der Waals surface area contributed by atoms with Crippen molar-refractivity contribution < 1.29 is 1.43 Å². The van der Waals surface area contributed by atoms with E-state index in [1.807, 2.05) is 13.1 Å². The third kappa shape index (κ3) is 6.86. The van der Waals surface area contributed by atoms with Crippen LogP contribution in [0.5, 0.6) is 0 Å². The molecule has 4 rings (SSSR count). The highest BCUT2D eigenvalue weighted by atomic mass is 15.1. The van der Waals surface area contributed by atoms with Gasteiger partial charge in [0.2, 0.25) is 0 Å². The molecule has 1 aromatic carbocycles. The average molecular weight is 424 g/mol. The summed E-state index contributed by atoms with van der Waals surface area (Å²) < 4.78 is 0. The Kier molecular flexibility index (Phi) is 10.1. The summed E-state index contributed by atoms with van der Waals surface area (Å²) in [5.41, 5.74) is 11.4. The molecule has 3 aromatic rings. The van der Waals surface area contributed by atoms with Crippen LogP contribution in [0.15, 0.2) is 48.7 Å². The summed E-state index contributed by atoms with van der Waals surface area (Å²) in [5, 5.41) is 4.36. The zero-order valence-corrected chi connectivity index (χ0v) is 19.8. The summed E-state index contributed by atoms with van der Waals surface area (Å²) in [5.74, 6) is 0.510. The first kappa shape index (κ1) is 24.5. The van der Waals surface area contributed by atoms with E-state index in [9.17, 15) is 0 Å². The number of anilines is 2. The van der Waals surface area contributed by atoms with Crippen molar-refractivity contribution in [2.45, 2.75) is 53.5 Å². The van der Waals surface area contributed by atoms with E-state index in [2.05, 4.69) is 84.3 Å². The van der Waals surface area contributed by atoms with Crippen LogP contribution in [0.4, 0.5) is 11.5 Å². The fourth-order valence-electron chi connectivity index (χ4n) is 3.30. The Bertz CT molecular complexity index is 954. The SMILES string of the molecule is CCC.CCCC.CNc1c(-c2cc3cc(CN4CC=CC4)ccc3[nH]2)ccnc1N.[HH]. The highest BCUT2D eigenvalue weighted by Gasteiger charge is 2.12. The molecule has 0 spiro atoms. The molecular formula is C26H41N5. The third-order valence-corrected chi connectivity index (χ3v) is 5.01. The van der Waals surface area contributed by atoms with E-state index in [0.717, 1.165) is 42.1 Å². The Balaban J connectivity index is 0.000000568. The van der Waals surface area contributed by atoms with E-state index in [4.69, 9.17) is 5.73 Å². The van der Waals surface area contributed by atoms with Crippen molar-refractivity contribution in [3.8, 4) is 11.3 Å². The van der Waals surface area contributed by atoms with Crippen molar-refractivity contribution in [3.63, 3.8) is 0 Å². The number of unbranched alkanes of at least 4 members (excludes halogenated alkanes) is 1. The van der Waals surface area contributed by atoms with Crippen LogP contribution in [0.25, 0.3) is 22.2 Å². The smallest absolute Gasteiger partial charge is 0.147 e. The summed E-state index contributed by atoms with van der Waals surface area (Å²) in [6.45, 7) is 11.7. The molecule has 0 saturated carbocycles. The number of benzene rings is 1. The predicted octanol–water partition coefficient (Wildman–Crippen LogP) is 6.69. The highest BCUT2D eigenvalue weighted by Crippen LogP contribution is 2.32. The maximum absolute atomic E-state index is 5.98. The maximum Gasteiger partial charge on any atom is 0.147 e. The quantitative estimate of drug-likeness (QED) is 0.400. The molecule has 5 nitrogen and oxygen atoms in total. The first-order valence-corrected chi connectivity index (χ1v) is 11.5. The van der Waals surface area contributed by atoms with Crippen molar-refractivity contribution in [1.82, 2.24) is 14.9 Å². The fourth-order valence-corrected chi connectivity index (χ4v) is 3.30. The normalized spacial score (nSPS) is 12.8. The third-order valence-electron chi connectivity index (χ3n) is 5.01. The Morgan fingerprint density at radius 1 is 1.06 bits per heavy atom. The van der Waals surface area contributed by atoms with Crippen molar-refractivity contribution in [3.05, 3.63) is 54.2 Å². The Labute approximate surface area is 189 Å². The summed E-state index contributed by atoms with van der Waals surface area (Å²) >= 11 is 0. The van der Waals surface area contributed by atoms with Crippen LogP contribution in [-0.4, -0.2) is 35.0 Å². The molecule has 0 amide bonds. The van der Waals surface area contributed by atoms with Crippen LogP contribution in [0.2, 0.25) is 0 Å². The molecule has 170 valence electrons. The molecule has 0 fully saturated rings. The van der Waals surface area contributed by atoms with Gasteiger partial charge in [-0.3, -0.25) is 4.90 Å². The van der Waals surface area contributed by atoms with Gasteiger partial charge in [-0.25, -0.2) is 4.98 Å². The summed E-state index contributed by atoms with van der Waals surface area (Å²) in [7, 11) is 1.86. The van der Waals surface area contributed by atoms with Crippen molar-refractivity contribution >= 4 is 22.4 Å². The topological polar surface area (TPSA) is 70.0 Å². The van der Waals surface area contributed by atoms with E-state index >= 15 is 0 Å². The molecule has 31 heavy (non-hydrogen) atoms. The largest absolute Gasteiger partial charge is 0.385 e. The van der Waals surface area contributed by atoms with Gasteiger partial charge in [-0.05, 0) is 29.8 Å². The number of nitrogens with one attached hydrogen (secondary N) is 2. The second-order valence-corrected chi connectivity index (χ2v) is 7.85. The number of fused-ring (bicyclic) bond motifs is 1. The number of pyridine rings is 1. The lowest BCUT2D eigenvalue weighted by Crippen LogP contribution is -2.18. The number of rotatable bonds is 5. The number of nitrogens with two attached hydrogens (primary N) is 1. The molecule has 1 aliphatic rings. The van der Waals surface area contributed by atoms with Crippen LogP contribution in [0.3, 0.4) is 0 Å². The second-order valence-electron chi connectivity index (χ2n) is 7.85. The molecule has 3 heterocycles. The number of hydrogen-bond acceptors (Lipinski definition) is 4. The number of aromatic nitrogens is 2. The highest BCUT2D eigenvalue weighted by molar-refractivity contribution is 5.91. The Morgan fingerprint density at radius 3 is 2.35 bits per heavy atom. The number of H-pyrrole nitrogens is 1. The van der Waals surface area contributed by atoms with Gasteiger partial charge >= 0.3 is 0 Å². The van der Waals surface area contributed by atoms with E-state index < -0.39 is 0 Å². The van der Waals surface area contributed by atoms with Crippen molar-refractivity contribution in [1.29, 1.82) is 0 Å². The molecule has 2 aromatic heterocycles. The zero-order valence-electron chi connectivity index (χ0n) is 19.8. The first-order chi connectivity index (χ1) is 15.1. The molecular weight excluding hydrogens is 382 g/mol. The predicted molar refractivity (Wildman–Crippen MR) is 139 cm³/mol. The standard InChI is InChI=1S/C19H21N5.C4H10.C3H8.H2/c1-21-18-15(6-7-22-19(18)20)17-11-14-10-13(4-5-16(14)23-17)12-24-8-2-3-9-24;1-3-4-2;1-3-2;/h2-7,10-11,21,23H,8-9,12H2,1H3,(H2,20,22);3-4H2,1-2H3;3H2,1-2H3;1H. The molecule has 0 atom stereocenters. The van der Waals surface area contributed by atoms with E-state index in [1.54, 1.807) is 6.20 Å². The van der Waals surface area contributed by atoms with Crippen LogP contribution < -0.4 is 11.1 Å². The molecule has 0 bridgehead atoms. The lowest BCUT2D eigenvalue weighted by atomic mass is 10.1. The molecule has 1 aliphatic heterocycles. The van der Waals surface area contributed by atoms with Gasteiger partial charge in [0.25, 0.3) is 0 Å². The van der Waals surface area contributed by atoms with E-state index in [0.29, 0.717) is 5.82 Å². The van der Waals surface area contributed by atoms with E-state index in [-0.39, 0.29) is 1.43 Å². The lowest BCUT2D eigenvalue weighted by molar-refractivity contribution is 0.345. The lowest BCUT2D eigenvalue weighted by Gasteiger charge is -2.14. The molecule has 0 unspecified atom stereocenters. The number of aromatic amines is 1. The van der Waals surface area contributed by atoms with Gasteiger partial charge < -0.3 is 16.0 Å². The van der Waals surface area contributed by atoms with Crippen molar-refractivity contribution in [2.75, 3.05) is 31.2 Å². The van der Waals surface area contributed by atoms with Gasteiger partial charge in [0.15, 0.2) is 0 Å². The molecule has 0 aliphatic carbocycles. The molecule has 4 N–H and O–H groups in total. The van der Waals surface area contributed by atoms with Crippen LogP contribution >= 0.6 is 0 Å². The second kappa shape index (κ2) is 12.8. The minimum Gasteiger partial charge on any atom is -0.385 e. The van der Waals surface area contributed by atoms with Gasteiger partial charge in [-0.2, -0.15) is 0 Å². The van der Waals surface area contributed by atoms with Gasteiger partial charge in [-0.15, -0.1) is 0 Å². The van der Waals surface area contributed by atoms with Gasteiger partial charge in [-0.1, -0.05) is 65.2 Å². The molecule has 0 radical (unpaired) electrons. The van der Waals surface area contributed by atoms with Gasteiger partial charge in [0.1, 0.15) is 5.82 Å². The molecule has 5 heteroatoms. The van der Waals surface area contributed by atoms with Gasteiger partial charge in [0, 0.05) is 56.5 Å². The van der Waals surface area contributed by atoms with Crippen LogP contribution in [0.1, 0.15) is 53.9 Å². The monoisotopic (exact) mass is 423 g/mol. The fraction of sp³-hybridized carbons (Fsp3) is 0.423. The first-order valence-electron chi connectivity index (χ1n) is 11.5. The average Bonchev–Trinajstić information content (AvgIpc) is 3.43. The summed E-state index contributed by atoms with van der Waals surface area (Å²) in [6.07, 6.45) is 10.1. The minimum absolute atomic E-state index is 0. The van der Waals surface area contributed by atoms with Crippen LogP contribution in [-0.2, 0) is 6.54 Å². The Hall–Kier alpha value is -2.79. The Morgan fingerprint density at radius 2 is 1.74 bits per heavy atom. The summed E-state index contributed by atoms with van der Waals surface area (Å²) in [4.78, 5) is 10.1.